The van der Waals surface area contributed by atoms with Gasteiger partial charge in [0.25, 0.3) is 11.8 Å². The Morgan fingerprint density at radius 2 is 1.76 bits per heavy atom. The average Bonchev–Trinajstić information content (AvgIpc) is 2.77. The number of halogens is 1. The molecule has 1 aliphatic heterocycles. The van der Waals surface area contributed by atoms with Crippen LogP contribution in [0, 0.1) is 5.82 Å². The van der Waals surface area contributed by atoms with E-state index in [1.165, 1.54) is 6.07 Å². The number of rotatable bonds is 7. The second kappa shape index (κ2) is 9.43. The first-order valence-electron chi connectivity index (χ1n) is 9.73. The van der Waals surface area contributed by atoms with Gasteiger partial charge in [-0.2, -0.15) is 0 Å². The molecule has 1 saturated heterocycles. The van der Waals surface area contributed by atoms with Crippen molar-refractivity contribution in [3.63, 3.8) is 0 Å². The number of piperidine rings is 1. The summed E-state index contributed by atoms with van der Waals surface area (Å²) < 4.78 is 25.7. The zero-order chi connectivity index (χ0) is 19.9. The molecule has 0 spiro atoms. The third-order valence-corrected chi connectivity index (χ3v) is 4.90. The standard InChI is InChI=1S/C22H23FN4O2/c23-20-6-2-1-5-18(20)15-27-12-7-19(8-13-27)29-22-21(25-10-11-26-22)28-16-17-4-3-9-24-14-17/h1-6,9-11,14,19H,7-8,12-13,15-16H2. The van der Waals surface area contributed by atoms with E-state index in [9.17, 15) is 4.39 Å². The number of pyridine rings is 1. The fourth-order valence-electron chi connectivity index (χ4n) is 3.34. The van der Waals surface area contributed by atoms with Crippen LogP contribution in [-0.2, 0) is 13.2 Å². The van der Waals surface area contributed by atoms with Crippen molar-refractivity contribution in [3.05, 3.63) is 78.1 Å². The van der Waals surface area contributed by atoms with Crippen LogP contribution in [0.3, 0.4) is 0 Å². The minimum absolute atomic E-state index is 0.0318. The number of likely N-dealkylation sites (tertiary alicyclic amines) is 1. The molecule has 0 aliphatic carbocycles. The topological polar surface area (TPSA) is 60.4 Å². The van der Waals surface area contributed by atoms with Gasteiger partial charge >= 0.3 is 0 Å². The van der Waals surface area contributed by atoms with Crippen molar-refractivity contribution < 1.29 is 13.9 Å². The molecule has 0 atom stereocenters. The normalized spacial score (nSPS) is 15.2. The highest BCUT2D eigenvalue weighted by molar-refractivity contribution is 5.25. The van der Waals surface area contributed by atoms with E-state index >= 15 is 0 Å². The van der Waals surface area contributed by atoms with Crippen LogP contribution in [-0.4, -0.2) is 39.0 Å². The van der Waals surface area contributed by atoms with Crippen LogP contribution >= 0.6 is 0 Å². The molecule has 2 aromatic heterocycles. The molecule has 0 amide bonds. The van der Waals surface area contributed by atoms with E-state index in [0.717, 1.165) is 37.1 Å². The van der Waals surface area contributed by atoms with Crippen LogP contribution < -0.4 is 9.47 Å². The summed E-state index contributed by atoms with van der Waals surface area (Å²) in [6.07, 6.45) is 8.37. The molecular weight excluding hydrogens is 371 g/mol. The zero-order valence-corrected chi connectivity index (χ0v) is 16.1. The zero-order valence-electron chi connectivity index (χ0n) is 16.1. The lowest BCUT2D eigenvalue weighted by Gasteiger charge is -2.32. The number of hydrogen-bond acceptors (Lipinski definition) is 6. The van der Waals surface area contributed by atoms with Gasteiger partial charge in [0.05, 0.1) is 0 Å². The lowest BCUT2D eigenvalue weighted by molar-refractivity contribution is 0.0878. The smallest absolute Gasteiger partial charge is 0.278 e. The highest BCUT2D eigenvalue weighted by Crippen LogP contribution is 2.26. The Hall–Kier alpha value is -3.06. The molecule has 29 heavy (non-hydrogen) atoms. The number of ether oxygens (including phenoxy) is 2. The van der Waals surface area contributed by atoms with E-state index in [1.54, 1.807) is 30.9 Å². The molecule has 1 fully saturated rings. The van der Waals surface area contributed by atoms with Gasteiger partial charge in [0, 0.05) is 55.5 Å². The van der Waals surface area contributed by atoms with E-state index in [0.29, 0.717) is 24.9 Å². The first-order chi connectivity index (χ1) is 14.3. The van der Waals surface area contributed by atoms with Crippen molar-refractivity contribution in [3.8, 4) is 11.8 Å². The van der Waals surface area contributed by atoms with Crippen molar-refractivity contribution in [2.45, 2.75) is 32.1 Å². The Balaban J connectivity index is 1.31. The molecule has 3 heterocycles. The van der Waals surface area contributed by atoms with Crippen molar-refractivity contribution in [2.24, 2.45) is 0 Å². The van der Waals surface area contributed by atoms with Crippen LogP contribution in [0.1, 0.15) is 24.0 Å². The van der Waals surface area contributed by atoms with Crippen LogP contribution in [0.25, 0.3) is 0 Å². The molecule has 3 aromatic rings. The maximum Gasteiger partial charge on any atom is 0.278 e. The van der Waals surface area contributed by atoms with Crippen LogP contribution in [0.15, 0.2) is 61.2 Å². The molecule has 0 unspecified atom stereocenters. The summed E-state index contributed by atoms with van der Waals surface area (Å²) in [5.41, 5.74) is 1.68. The Morgan fingerprint density at radius 3 is 2.52 bits per heavy atom. The second-order valence-corrected chi connectivity index (χ2v) is 7.00. The molecule has 1 aromatic carbocycles. The second-order valence-electron chi connectivity index (χ2n) is 7.00. The molecule has 7 heteroatoms. The first-order valence-corrected chi connectivity index (χ1v) is 9.73. The Morgan fingerprint density at radius 1 is 0.966 bits per heavy atom. The number of nitrogens with zero attached hydrogens (tertiary/aromatic N) is 4. The number of hydrogen-bond donors (Lipinski definition) is 0. The Labute approximate surface area is 169 Å². The summed E-state index contributed by atoms with van der Waals surface area (Å²) >= 11 is 0. The van der Waals surface area contributed by atoms with Gasteiger partial charge in [-0.05, 0) is 25.0 Å². The minimum atomic E-state index is -0.152. The predicted molar refractivity (Wildman–Crippen MR) is 106 cm³/mol. The third-order valence-electron chi connectivity index (χ3n) is 4.90. The van der Waals surface area contributed by atoms with E-state index in [4.69, 9.17) is 9.47 Å². The summed E-state index contributed by atoms with van der Waals surface area (Å²) in [4.78, 5) is 14.9. The predicted octanol–water partition coefficient (Wildman–Crippen LogP) is 3.63. The molecular formula is C22H23FN4O2. The molecule has 0 N–H and O–H groups in total. The van der Waals surface area contributed by atoms with Gasteiger partial charge in [-0.1, -0.05) is 24.3 Å². The van der Waals surface area contributed by atoms with Gasteiger partial charge < -0.3 is 9.47 Å². The lowest BCUT2D eigenvalue weighted by Crippen LogP contribution is -2.38. The fourth-order valence-corrected chi connectivity index (χ4v) is 3.34. The van der Waals surface area contributed by atoms with Crippen molar-refractivity contribution in [2.75, 3.05) is 13.1 Å². The monoisotopic (exact) mass is 394 g/mol. The molecule has 150 valence electrons. The molecule has 1 aliphatic rings. The quantitative estimate of drug-likeness (QED) is 0.610. The van der Waals surface area contributed by atoms with Gasteiger partial charge in [0.15, 0.2) is 0 Å². The van der Waals surface area contributed by atoms with Gasteiger partial charge in [-0.3, -0.25) is 9.88 Å². The molecule has 4 rings (SSSR count). The van der Waals surface area contributed by atoms with Crippen LogP contribution in [0.2, 0.25) is 0 Å². The number of benzene rings is 1. The van der Waals surface area contributed by atoms with Crippen molar-refractivity contribution in [1.29, 1.82) is 0 Å². The average molecular weight is 394 g/mol. The van der Waals surface area contributed by atoms with E-state index in [-0.39, 0.29) is 11.9 Å². The van der Waals surface area contributed by atoms with Gasteiger partial charge in [0.2, 0.25) is 0 Å². The van der Waals surface area contributed by atoms with Crippen molar-refractivity contribution in [1.82, 2.24) is 19.9 Å². The summed E-state index contributed by atoms with van der Waals surface area (Å²) in [5, 5.41) is 0. The first kappa shape index (κ1) is 19.3. The molecule has 6 nitrogen and oxygen atoms in total. The summed E-state index contributed by atoms with van der Waals surface area (Å²) in [6.45, 7) is 2.64. The number of aromatic nitrogens is 3. The van der Waals surface area contributed by atoms with Crippen LogP contribution in [0.4, 0.5) is 4.39 Å². The third kappa shape index (κ3) is 5.26. The Bertz CT molecular complexity index is 917. The molecule has 0 bridgehead atoms. The summed E-state index contributed by atoms with van der Waals surface area (Å²) in [5.74, 6) is 0.634. The van der Waals surface area contributed by atoms with E-state index < -0.39 is 0 Å². The molecule has 0 saturated carbocycles. The van der Waals surface area contributed by atoms with Gasteiger partial charge in [-0.25, -0.2) is 14.4 Å². The Kier molecular flexibility index (Phi) is 6.26. The maximum absolute atomic E-state index is 13.9. The summed E-state index contributed by atoms with van der Waals surface area (Å²) in [7, 11) is 0. The maximum atomic E-state index is 13.9. The highest BCUT2D eigenvalue weighted by atomic mass is 19.1. The van der Waals surface area contributed by atoms with Crippen LogP contribution in [0.5, 0.6) is 11.8 Å². The lowest BCUT2D eigenvalue weighted by atomic mass is 10.1. The molecule has 0 radical (unpaired) electrons. The highest BCUT2D eigenvalue weighted by Gasteiger charge is 2.23. The van der Waals surface area contributed by atoms with E-state index in [1.807, 2.05) is 24.3 Å². The minimum Gasteiger partial charge on any atom is -0.470 e. The van der Waals surface area contributed by atoms with Crippen molar-refractivity contribution >= 4 is 0 Å². The largest absolute Gasteiger partial charge is 0.470 e. The van der Waals surface area contributed by atoms with E-state index in [2.05, 4.69) is 19.9 Å². The SMILES string of the molecule is Fc1ccccc1CN1CCC(Oc2nccnc2OCc2cccnc2)CC1. The van der Waals surface area contributed by atoms with Gasteiger partial charge in [-0.15, -0.1) is 0 Å². The van der Waals surface area contributed by atoms with Gasteiger partial charge in [0.1, 0.15) is 18.5 Å². The summed E-state index contributed by atoms with van der Waals surface area (Å²) in [6, 6.07) is 10.7. The fraction of sp³-hybridized carbons (Fsp3) is 0.318.